The number of hydrogen-bond acceptors (Lipinski definition) is 2. The van der Waals surface area contributed by atoms with Crippen molar-refractivity contribution >= 4 is 52.4 Å². The number of carbonyl (C=O) groups excluding carboxylic acids is 2. The Kier molecular flexibility index (Phi) is 6.39. The summed E-state index contributed by atoms with van der Waals surface area (Å²) >= 11 is 18.0. The second-order valence-corrected chi connectivity index (χ2v) is 7.73. The number of hydrazine groups is 1. The Bertz CT molecular complexity index is 797. The van der Waals surface area contributed by atoms with Crippen molar-refractivity contribution in [1.29, 1.82) is 0 Å². The predicted molar refractivity (Wildman–Crippen MR) is 106 cm³/mol. The Labute approximate surface area is 167 Å². The fourth-order valence-corrected chi connectivity index (χ4v) is 2.69. The number of anilines is 1. The molecule has 26 heavy (non-hydrogen) atoms. The van der Waals surface area contributed by atoms with Crippen LogP contribution in [0.5, 0.6) is 0 Å². The van der Waals surface area contributed by atoms with Crippen LogP contribution in [0.4, 0.5) is 10.5 Å². The van der Waals surface area contributed by atoms with Gasteiger partial charge in [0, 0.05) is 10.6 Å². The number of urea groups is 1. The number of halogens is 3. The maximum absolute atomic E-state index is 12.7. The highest BCUT2D eigenvalue weighted by Crippen LogP contribution is 2.30. The lowest BCUT2D eigenvalue weighted by Gasteiger charge is -2.35. The summed E-state index contributed by atoms with van der Waals surface area (Å²) in [6.07, 6.45) is 0. The van der Waals surface area contributed by atoms with Gasteiger partial charge in [-0.25, -0.2) is 9.80 Å². The number of nitrogens with zero attached hydrogens (tertiary/aromatic N) is 1. The van der Waals surface area contributed by atoms with Crippen molar-refractivity contribution in [2.75, 3.05) is 5.32 Å². The average Bonchev–Trinajstić information content (AvgIpc) is 2.55. The number of carbonyl (C=O) groups is 2. The monoisotopic (exact) mass is 413 g/mol. The van der Waals surface area contributed by atoms with Crippen molar-refractivity contribution in [3.8, 4) is 0 Å². The number of nitrogens with one attached hydrogen (secondary N) is 2. The zero-order valence-electron chi connectivity index (χ0n) is 14.4. The normalized spacial score (nSPS) is 11.0. The molecule has 0 aromatic heterocycles. The molecule has 0 bridgehead atoms. The van der Waals surface area contributed by atoms with Gasteiger partial charge in [-0.05, 0) is 57.2 Å². The van der Waals surface area contributed by atoms with Gasteiger partial charge < -0.3 is 5.32 Å². The molecule has 2 aromatic carbocycles. The van der Waals surface area contributed by atoms with Crippen molar-refractivity contribution < 1.29 is 9.59 Å². The standard InChI is InChI=1S/C18H18Cl3N3O2/c1-18(2,3)24(23-16(25)11-7-9-12(19)10-8-11)17(26)22-15-13(20)5-4-6-14(15)21/h4-10H,1-3H3,(H,22,26)(H,23,25). The second kappa shape index (κ2) is 8.16. The van der Waals surface area contributed by atoms with Gasteiger partial charge in [0.15, 0.2) is 0 Å². The third-order valence-electron chi connectivity index (χ3n) is 3.39. The number of hydrogen-bond donors (Lipinski definition) is 2. The first-order valence-electron chi connectivity index (χ1n) is 7.71. The summed E-state index contributed by atoms with van der Waals surface area (Å²) in [7, 11) is 0. The molecule has 0 spiro atoms. The minimum Gasteiger partial charge on any atom is -0.304 e. The SMILES string of the molecule is CC(C)(C)N(NC(=O)c1ccc(Cl)cc1)C(=O)Nc1c(Cl)cccc1Cl. The largest absolute Gasteiger partial charge is 0.341 e. The van der Waals surface area contributed by atoms with Crippen LogP contribution in [0, 0.1) is 0 Å². The molecular weight excluding hydrogens is 397 g/mol. The fourth-order valence-electron chi connectivity index (χ4n) is 2.07. The lowest BCUT2D eigenvalue weighted by atomic mass is 10.1. The van der Waals surface area contributed by atoms with E-state index in [0.29, 0.717) is 20.6 Å². The number of para-hydroxylation sites is 1. The van der Waals surface area contributed by atoms with Crippen LogP contribution < -0.4 is 10.7 Å². The quantitative estimate of drug-likeness (QED) is 0.626. The van der Waals surface area contributed by atoms with Gasteiger partial charge in [-0.3, -0.25) is 10.2 Å². The molecule has 0 saturated carbocycles. The fraction of sp³-hybridized carbons (Fsp3) is 0.222. The van der Waals surface area contributed by atoms with Crippen LogP contribution >= 0.6 is 34.8 Å². The smallest absolute Gasteiger partial charge is 0.304 e. The lowest BCUT2D eigenvalue weighted by Crippen LogP contribution is -2.57. The highest BCUT2D eigenvalue weighted by atomic mass is 35.5. The Morgan fingerprint density at radius 1 is 0.923 bits per heavy atom. The molecule has 0 unspecified atom stereocenters. The molecule has 0 saturated heterocycles. The van der Waals surface area contributed by atoms with E-state index < -0.39 is 17.5 Å². The van der Waals surface area contributed by atoms with E-state index in [1.165, 1.54) is 5.01 Å². The molecular formula is C18H18Cl3N3O2. The second-order valence-electron chi connectivity index (χ2n) is 6.48. The first-order valence-corrected chi connectivity index (χ1v) is 8.85. The highest BCUT2D eigenvalue weighted by molar-refractivity contribution is 6.39. The molecule has 0 aliphatic heterocycles. The Hall–Kier alpha value is -1.95. The number of amides is 3. The first-order chi connectivity index (χ1) is 12.1. The molecule has 0 radical (unpaired) electrons. The topological polar surface area (TPSA) is 61.4 Å². The summed E-state index contributed by atoms with van der Waals surface area (Å²) in [5.74, 6) is -0.447. The molecule has 3 amide bonds. The van der Waals surface area contributed by atoms with Gasteiger partial charge >= 0.3 is 6.03 Å². The van der Waals surface area contributed by atoms with Crippen molar-refractivity contribution in [2.24, 2.45) is 0 Å². The van der Waals surface area contributed by atoms with Crippen LogP contribution in [0.3, 0.4) is 0 Å². The van der Waals surface area contributed by atoms with Gasteiger partial charge in [0.2, 0.25) is 0 Å². The Morgan fingerprint density at radius 3 is 1.96 bits per heavy atom. The summed E-state index contributed by atoms with van der Waals surface area (Å²) < 4.78 is 0. The van der Waals surface area contributed by atoms with Crippen molar-refractivity contribution in [1.82, 2.24) is 10.4 Å². The van der Waals surface area contributed by atoms with E-state index in [1.807, 2.05) is 0 Å². The molecule has 8 heteroatoms. The zero-order chi connectivity index (χ0) is 19.5. The Morgan fingerprint density at radius 2 is 1.46 bits per heavy atom. The van der Waals surface area contributed by atoms with Crippen LogP contribution in [-0.2, 0) is 0 Å². The first kappa shape index (κ1) is 20.4. The molecule has 5 nitrogen and oxygen atoms in total. The minimum atomic E-state index is -0.708. The van der Waals surface area contributed by atoms with E-state index >= 15 is 0 Å². The molecule has 0 fully saturated rings. The number of benzene rings is 2. The third kappa shape index (κ3) is 5.04. The molecule has 0 atom stereocenters. The minimum absolute atomic E-state index is 0.274. The van der Waals surface area contributed by atoms with Crippen LogP contribution in [0.2, 0.25) is 15.1 Å². The predicted octanol–water partition coefficient (Wildman–Crippen LogP) is 5.62. The van der Waals surface area contributed by atoms with E-state index in [1.54, 1.807) is 63.2 Å². The van der Waals surface area contributed by atoms with Gasteiger partial charge in [-0.1, -0.05) is 40.9 Å². The van der Waals surface area contributed by atoms with Crippen LogP contribution in [-0.4, -0.2) is 22.5 Å². The summed E-state index contributed by atoms with van der Waals surface area (Å²) in [5.41, 5.74) is 2.54. The highest BCUT2D eigenvalue weighted by Gasteiger charge is 2.29. The van der Waals surface area contributed by atoms with E-state index in [9.17, 15) is 9.59 Å². The average molecular weight is 415 g/mol. The summed E-state index contributed by atoms with van der Waals surface area (Å²) in [5, 5.41) is 4.93. The maximum atomic E-state index is 12.7. The van der Waals surface area contributed by atoms with Gasteiger partial charge in [0.05, 0.1) is 21.3 Å². The van der Waals surface area contributed by atoms with E-state index in [2.05, 4.69) is 10.7 Å². The van der Waals surface area contributed by atoms with Crippen LogP contribution in [0.1, 0.15) is 31.1 Å². The van der Waals surface area contributed by atoms with Crippen molar-refractivity contribution in [3.05, 3.63) is 63.1 Å². The summed E-state index contributed by atoms with van der Waals surface area (Å²) in [4.78, 5) is 25.2. The molecule has 2 rings (SSSR count). The van der Waals surface area contributed by atoms with E-state index in [-0.39, 0.29) is 5.69 Å². The molecule has 0 aliphatic carbocycles. The molecule has 0 aliphatic rings. The third-order valence-corrected chi connectivity index (χ3v) is 4.27. The van der Waals surface area contributed by atoms with Crippen LogP contribution in [0.25, 0.3) is 0 Å². The molecule has 2 aromatic rings. The summed E-state index contributed by atoms with van der Waals surface area (Å²) in [6.45, 7) is 5.34. The summed E-state index contributed by atoms with van der Waals surface area (Å²) in [6, 6.07) is 10.7. The molecule has 138 valence electrons. The van der Waals surface area contributed by atoms with Crippen molar-refractivity contribution in [2.45, 2.75) is 26.3 Å². The Balaban J connectivity index is 2.23. The van der Waals surface area contributed by atoms with E-state index in [0.717, 1.165) is 0 Å². The zero-order valence-corrected chi connectivity index (χ0v) is 16.7. The number of rotatable bonds is 2. The van der Waals surface area contributed by atoms with Gasteiger partial charge in [-0.2, -0.15) is 0 Å². The lowest BCUT2D eigenvalue weighted by molar-refractivity contribution is 0.0687. The molecule has 0 heterocycles. The van der Waals surface area contributed by atoms with Gasteiger partial charge in [0.1, 0.15) is 0 Å². The van der Waals surface area contributed by atoms with E-state index in [4.69, 9.17) is 34.8 Å². The molecule has 2 N–H and O–H groups in total. The van der Waals surface area contributed by atoms with Gasteiger partial charge in [0.25, 0.3) is 5.91 Å². The van der Waals surface area contributed by atoms with Crippen molar-refractivity contribution in [3.63, 3.8) is 0 Å². The maximum Gasteiger partial charge on any atom is 0.341 e. The van der Waals surface area contributed by atoms with Crippen LogP contribution in [0.15, 0.2) is 42.5 Å². The van der Waals surface area contributed by atoms with Gasteiger partial charge in [-0.15, -0.1) is 0 Å².